The van der Waals surface area contributed by atoms with Gasteiger partial charge in [-0.2, -0.15) is 0 Å². The van der Waals surface area contributed by atoms with Gasteiger partial charge in [0.15, 0.2) is 0 Å². The van der Waals surface area contributed by atoms with Crippen molar-refractivity contribution < 1.29 is 4.74 Å². The molecular weight excluding hydrogens is 314 g/mol. The third-order valence-corrected chi connectivity index (χ3v) is 5.24. The van der Waals surface area contributed by atoms with E-state index in [2.05, 4.69) is 50.3 Å². The van der Waals surface area contributed by atoms with E-state index >= 15 is 0 Å². The second-order valence-corrected chi connectivity index (χ2v) is 7.04. The van der Waals surface area contributed by atoms with E-state index in [9.17, 15) is 0 Å². The van der Waals surface area contributed by atoms with E-state index in [-0.39, 0.29) is 6.10 Å². The van der Waals surface area contributed by atoms with Gasteiger partial charge in [-0.05, 0) is 44.0 Å². The van der Waals surface area contributed by atoms with Crippen LogP contribution in [0.3, 0.4) is 0 Å². The number of aryl methyl sites for hydroxylation is 1. The second-order valence-electron chi connectivity index (χ2n) is 7.04. The minimum atomic E-state index is 0.257. The number of nitrogens with zero attached hydrogens (tertiary/aromatic N) is 4. The van der Waals surface area contributed by atoms with E-state index in [1.165, 1.54) is 6.42 Å². The fraction of sp³-hybridized carbons (Fsp3) is 0.526. The summed E-state index contributed by atoms with van der Waals surface area (Å²) >= 11 is 0. The molecule has 4 heterocycles. The maximum Gasteiger partial charge on any atom is 0.222 e. The van der Waals surface area contributed by atoms with Crippen LogP contribution < -0.4 is 5.32 Å². The minimum Gasteiger partial charge on any atom is -0.376 e. The lowest BCUT2D eigenvalue weighted by atomic mass is 9.84. The Morgan fingerprint density at radius 1 is 1.24 bits per heavy atom. The molecule has 4 rings (SSSR count). The average Bonchev–Trinajstić information content (AvgIpc) is 3.03. The first-order valence-electron chi connectivity index (χ1n) is 9.05. The molecule has 0 amide bonds. The molecule has 0 spiro atoms. The molecule has 2 fully saturated rings. The fourth-order valence-electron chi connectivity index (χ4n) is 4.02. The summed E-state index contributed by atoms with van der Waals surface area (Å²) in [5, 5.41) is 3.31. The van der Waals surface area contributed by atoms with Crippen LogP contribution >= 0.6 is 0 Å². The molecule has 0 aromatic carbocycles. The van der Waals surface area contributed by atoms with Crippen LogP contribution in [0.1, 0.15) is 17.8 Å². The van der Waals surface area contributed by atoms with Crippen molar-refractivity contribution in [2.24, 2.45) is 11.8 Å². The minimum absolute atomic E-state index is 0.257. The van der Waals surface area contributed by atoms with Gasteiger partial charge in [-0.25, -0.2) is 9.97 Å². The van der Waals surface area contributed by atoms with Crippen molar-refractivity contribution in [3.05, 3.63) is 48.0 Å². The van der Waals surface area contributed by atoms with Gasteiger partial charge in [0.2, 0.25) is 5.95 Å². The van der Waals surface area contributed by atoms with E-state index in [1.54, 1.807) is 12.4 Å². The second kappa shape index (κ2) is 7.45. The molecule has 3 atom stereocenters. The molecule has 0 aliphatic carbocycles. The molecule has 2 saturated heterocycles. The van der Waals surface area contributed by atoms with Crippen LogP contribution in [0.5, 0.6) is 0 Å². The maximum absolute atomic E-state index is 6.08. The summed E-state index contributed by atoms with van der Waals surface area (Å²) in [6.07, 6.45) is 4.95. The highest BCUT2D eigenvalue weighted by molar-refractivity contribution is 5.22. The molecule has 0 radical (unpaired) electrons. The number of rotatable bonds is 5. The lowest BCUT2D eigenvalue weighted by Crippen LogP contribution is -2.42. The van der Waals surface area contributed by atoms with Gasteiger partial charge in [-0.3, -0.25) is 9.88 Å². The molecule has 132 valence electrons. The summed E-state index contributed by atoms with van der Waals surface area (Å²) in [7, 11) is 0. The molecule has 1 N–H and O–H groups in total. The summed E-state index contributed by atoms with van der Waals surface area (Å²) in [6, 6.07) is 8.09. The van der Waals surface area contributed by atoms with Gasteiger partial charge in [0.1, 0.15) is 0 Å². The van der Waals surface area contributed by atoms with Crippen molar-refractivity contribution in [3.63, 3.8) is 0 Å². The van der Waals surface area contributed by atoms with Crippen LogP contribution in [0, 0.1) is 18.8 Å². The van der Waals surface area contributed by atoms with Crippen LogP contribution in [-0.2, 0) is 11.3 Å². The normalized spacial score (nSPS) is 26.4. The Balaban J connectivity index is 1.30. The Bertz CT molecular complexity index is 695. The standard InChI is InChI=1S/C19H25N5O/c1-14-4-2-5-16(23-14)12-24-9-6-17-15(11-24)13-25-18(17)10-22-19-20-7-3-8-21-19/h2-5,7-8,15,17-18H,6,9-13H2,1H3,(H,20,21,22)/t15-,17-,18-/m1/s1. The van der Waals surface area contributed by atoms with Crippen molar-refractivity contribution >= 4 is 5.95 Å². The number of pyridine rings is 1. The highest BCUT2D eigenvalue weighted by Crippen LogP contribution is 2.34. The molecule has 2 aliphatic heterocycles. The Hall–Kier alpha value is -2.05. The Kier molecular flexibility index (Phi) is 4.90. The predicted octanol–water partition coefficient (Wildman–Crippen LogP) is 2.13. The van der Waals surface area contributed by atoms with Crippen LogP contribution in [0.15, 0.2) is 36.7 Å². The van der Waals surface area contributed by atoms with E-state index in [4.69, 9.17) is 4.74 Å². The predicted molar refractivity (Wildman–Crippen MR) is 96.1 cm³/mol. The number of anilines is 1. The smallest absolute Gasteiger partial charge is 0.222 e. The number of nitrogens with one attached hydrogen (secondary N) is 1. The number of ether oxygens (including phenoxy) is 1. The van der Waals surface area contributed by atoms with Crippen LogP contribution in [0.25, 0.3) is 0 Å². The van der Waals surface area contributed by atoms with Gasteiger partial charge < -0.3 is 10.1 Å². The summed E-state index contributed by atoms with van der Waals surface area (Å²) in [5.74, 6) is 1.91. The summed E-state index contributed by atoms with van der Waals surface area (Å²) in [4.78, 5) is 15.6. The van der Waals surface area contributed by atoms with E-state index < -0.39 is 0 Å². The average molecular weight is 339 g/mol. The van der Waals surface area contributed by atoms with Crippen molar-refractivity contribution in [2.75, 3.05) is 31.6 Å². The molecule has 2 aliphatic rings. The summed E-state index contributed by atoms with van der Waals surface area (Å²) in [5.41, 5.74) is 2.25. The number of aromatic nitrogens is 3. The van der Waals surface area contributed by atoms with Crippen molar-refractivity contribution in [3.8, 4) is 0 Å². The maximum atomic E-state index is 6.08. The van der Waals surface area contributed by atoms with Crippen molar-refractivity contribution in [1.29, 1.82) is 0 Å². The van der Waals surface area contributed by atoms with Gasteiger partial charge in [0.05, 0.1) is 18.4 Å². The largest absolute Gasteiger partial charge is 0.376 e. The molecule has 25 heavy (non-hydrogen) atoms. The summed E-state index contributed by atoms with van der Waals surface area (Å²) < 4.78 is 6.08. The van der Waals surface area contributed by atoms with E-state index in [0.717, 1.165) is 44.2 Å². The quantitative estimate of drug-likeness (QED) is 0.900. The lowest BCUT2D eigenvalue weighted by Gasteiger charge is -2.35. The molecule has 6 heteroatoms. The van der Waals surface area contributed by atoms with Gasteiger partial charge in [-0.1, -0.05) is 6.07 Å². The third-order valence-electron chi connectivity index (χ3n) is 5.24. The zero-order chi connectivity index (χ0) is 17.1. The van der Waals surface area contributed by atoms with Gasteiger partial charge in [-0.15, -0.1) is 0 Å². The first-order valence-corrected chi connectivity index (χ1v) is 9.05. The number of fused-ring (bicyclic) bond motifs is 1. The number of piperidine rings is 1. The third kappa shape index (κ3) is 3.96. The Morgan fingerprint density at radius 3 is 2.96 bits per heavy atom. The number of likely N-dealkylation sites (tertiary alicyclic amines) is 1. The molecule has 0 saturated carbocycles. The first-order chi connectivity index (χ1) is 12.3. The molecule has 2 aromatic heterocycles. The molecule has 2 aromatic rings. The number of hydrogen-bond donors (Lipinski definition) is 1. The zero-order valence-corrected chi connectivity index (χ0v) is 14.6. The van der Waals surface area contributed by atoms with Crippen LogP contribution in [-0.4, -0.2) is 52.2 Å². The fourth-order valence-corrected chi connectivity index (χ4v) is 4.02. The number of hydrogen-bond acceptors (Lipinski definition) is 6. The van der Waals surface area contributed by atoms with Crippen molar-refractivity contribution in [2.45, 2.75) is 26.0 Å². The highest BCUT2D eigenvalue weighted by atomic mass is 16.5. The zero-order valence-electron chi connectivity index (χ0n) is 14.6. The van der Waals surface area contributed by atoms with Gasteiger partial charge in [0, 0.05) is 43.6 Å². The Morgan fingerprint density at radius 2 is 2.12 bits per heavy atom. The lowest BCUT2D eigenvalue weighted by molar-refractivity contribution is 0.0945. The molecule has 6 nitrogen and oxygen atoms in total. The van der Waals surface area contributed by atoms with Gasteiger partial charge in [0.25, 0.3) is 0 Å². The SMILES string of the molecule is Cc1cccc(CN2CC[C@@H]3[C@@H](CO[C@@H]3CNc3ncccn3)C2)n1. The molecule has 0 unspecified atom stereocenters. The van der Waals surface area contributed by atoms with Crippen molar-refractivity contribution in [1.82, 2.24) is 19.9 Å². The van der Waals surface area contributed by atoms with E-state index in [1.807, 2.05) is 6.07 Å². The Labute approximate surface area is 148 Å². The monoisotopic (exact) mass is 339 g/mol. The summed E-state index contributed by atoms with van der Waals surface area (Å²) in [6.45, 7) is 6.83. The topological polar surface area (TPSA) is 63.2 Å². The van der Waals surface area contributed by atoms with E-state index in [0.29, 0.717) is 17.8 Å². The molecular formula is C19H25N5O. The van der Waals surface area contributed by atoms with Gasteiger partial charge >= 0.3 is 0 Å². The molecule has 0 bridgehead atoms. The van der Waals surface area contributed by atoms with Crippen LogP contribution in [0.2, 0.25) is 0 Å². The highest BCUT2D eigenvalue weighted by Gasteiger charge is 2.40. The first kappa shape index (κ1) is 16.4. The van der Waals surface area contributed by atoms with Crippen LogP contribution in [0.4, 0.5) is 5.95 Å².